The van der Waals surface area contributed by atoms with Crippen LogP contribution in [0.4, 0.5) is 0 Å². The summed E-state index contributed by atoms with van der Waals surface area (Å²) in [5.74, 6) is -1.02. The Morgan fingerprint density at radius 1 is 1.06 bits per heavy atom. The van der Waals surface area contributed by atoms with Crippen molar-refractivity contribution in [3.05, 3.63) is 83.2 Å². The second kappa shape index (κ2) is 7.79. The largest absolute Gasteiger partial charge is 0.478 e. The number of aromatic nitrogens is 4. The molecule has 0 aliphatic carbocycles. The van der Waals surface area contributed by atoms with E-state index in [4.69, 9.17) is 4.98 Å². The number of carboxylic acids is 1. The minimum absolute atomic E-state index is 0.183. The summed E-state index contributed by atoms with van der Waals surface area (Å²) in [5, 5.41) is 28.2. The molecule has 3 heterocycles. The Morgan fingerprint density at radius 3 is 2.58 bits per heavy atom. The molecule has 7 nitrogen and oxygen atoms in total. The molecule has 6 rings (SSSR count). The highest BCUT2D eigenvalue weighted by Crippen LogP contribution is 2.42. The van der Waals surface area contributed by atoms with Gasteiger partial charge in [-0.25, -0.2) is 9.78 Å². The summed E-state index contributed by atoms with van der Waals surface area (Å²) < 4.78 is 1.71. The number of fused-ring (bicyclic) bond motifs is 3. The van der Waals surface area contributed by atoms with Crippen LogP contribution in [-0.4, -0.2) is 30.8 Å². The van der Waals surface area contributed by atoms with Crippen molar-refractivity contribution in [2.24, 2.45) is 7.05 Å². The monoisotopic (exact) mass is 471 g/mol. The number of nitrogens with zero attached hydrogens (tertiary/aromatic N) is 4. The van der Waals surface area contributed by atoms with Gasteiger partial charge in [0.15, 0.2) is 5.65 Å². The fraction of sp³-hybridized carbons (Fsp3) is 0.103. The van der Waals surface area contributed by atoms with Crippen LogP contribution in [0.5, 0.6) is 0 Å². The summed E-state index contributed by atoms with van der Waals surface area (Å²) in [4.78, 5) is 20.5. The van der Waals surface area contributed by atoms with Crippen molar-refractivity contribution in [2.75, 3.05) is 0 Å². The van der Waals surface area contributed by atoms with Gasteiger partial charge >= 0.3 is 5.97 Å². The molecule has 0 saturated carbocycles. The summed E-state index contributed by atoms with van der Waals surface area (Å²) in [6, 6.07) is 19.4. The number of aromatic carboxylic acids is 1. The third-order valence-electron chi connectivity index (χ3n) is 6.76. The van der Waals surface area contributed by atoms with E-state index in [1.165, 1.54) is 0 Å². The summed E-state index contributed by atoms with van der Waals surface area (Å²) >= 11 is 0. The van der Waals surface area contributed by atoms with Crippen LogP contribution in [0.2, 0.25) is 0 Å². The first-order valence-corrected chi connectivity index (χ1v) is 11.5. The molecular weight excluding hydrogens is 450 g/mol. The fourth-order valence-electron chi connectivity index (χ4n) is 5.21. The van der Waals surface area contributed by atoms with Gasteiger partial charge in [-0.05, 0) is 42.5 Å². The number of aryl methyl sites for hydroxylation is 3. The Kier molecular flexibility index (Phi) is 4.66. The van der Waals surface area contributed by atoms with Crippen molar-refractivity contribution >= 4 is 38.7 Å². The fourth-order valence-corrected chi connectivity index (χ4v) is 5.21. The first kappa shape index (κ1) is 21.6. The highest BCUT2D eigenvalue weighted by atomic mass is 16.4. The third kappa shape index (κ3) is 3.01. The van der Waals surface area contributed by atoms with Crippen LogP contribution in [0.25, 0.3) is 55.1 Å². The molecule has 0 atom stereocenters. The molecule has 3 aromatic heterocycles. The molecule has 0 radical (unpaired) electrons. The summed E-state index contributed by atoms with van der Waals surface area (Å²) in [5.41, 5.74) is 6.64. The number of benzene rings is 3. The number of carbonyl (C=O) groups is 1. The van der Waals surface area contributed by atoms with Gasteiger partial charge in [-0.15, -0.1) is 0 Å². The molecule has 174 valence electrons. The smallest absolute Gasteiger partial charge is 0.336 e. The molecule has 0 aliphatic rings. The van der Waals surface area contributed by atoms with Gasteiger partial charge in [-0.2, -0.15) is 10.4 Å². The lowest BCUT2D eigenvalue weighted by molar-refractivity contribution is 0.0699. The van der Waals surface area contributed by atoms with Crippen LogP contribution in [0.3, 0.4) is 0 Å². The molecule has 0 fully saturated rings. The molecule has 0 spiro atoms. The predicted molar refractivity (Wildman–Crippen MR) is 140 cm³/mol. The first-order valence-electron chi connectivity index (χ1n) is 11.5. The van der Waals surface area contributed by atoms with Crippen molar-refractivity contribution in [3.8, 4) is 28.5 Å². The van der Waals surface area contributed by atoms with Gasteiger partial charge in [0.1, 0.15) is 6.07 Å². The molecule has 0 saturated heterocycles. The lowest BCUT2D eigenvalue weighted by Gasteiger charge is -2.15. The van der Waals surface area contributed by atoms with Gasteiger partial charge in [0.2, 0.25) is 0 Å². The van der Waals surface area contributed by atoms with Crippen LogP contribution in [0.15, 0.2) is 60.8 Å². The Bertz CT molecular complexity index is 1920. The van der Waals surface area contributed by atoms with E-state index in [-0.39, 0.29) is 5.56 Å². The Balaban J connectivity index is 1.82. The Morgan fingerprint density at radius 2 is 1.83 bits per heavy atom. The van der Waals surface area contributed by atoms with Crippen molar-refractivity contribution in [3.63, 3.8) is 0 Å². The number of nitrogens with one attached hydrogen (secondary N) is 1. The van der Waals surface area contributed by atoms with E-state index in [9.17, 15) is 15.2 Å². The summed E-state index contributed by atoms with van der Waals surface area (Å²) in [7, 11) is 1.83. The molecule has 36 heavy (non-hydrogen) atoms. The Labute approximate surface area is 206 Å². The quantitative estimate of drug-likeness (QED) is 0.323. The zero-order chi connectivity index (χ0) is 25.1. The molecule has 0 bridgehead atoms. The number of rotatable bonds is 3. The van der Waals surface area contributed by atoms with Crippen LogP contribution in [0, 0.1) is 25.2 Å². The number of pyridine rings is 1. The van der Waals surface area contributed by atoms with Crippen LogP contribution < -0.4 is 0 Å². The minimum Gasteiger partial charge on any atom is -0.478 e. The zero-order valence-corrected chi connectivity index (χ0v) is 19.9. The van der Waals surface area contributed by atoms with E-state index in [0.717, 1.165) is 38.5 Å². The minimum atomic E-state index is -1.02. The molecular formula is C29H21N5O2. The maximum absolute atomic E-state index is 12.2. The van der Waals surface area contributed by atoms with Gasteiger partial charge in [-0.1, -0.05) is 42.5 Å². The lowest BCUT2D eigenvalue weighted by atomic mass is 9.88. The number of aromatic amines is 1. The number of hydrogen-bond acceptors (Lipinski definition) is 4. The normalized spacial score (nSPS) is 11.4. The van der Waals surface area contributed by atoms with Gasteiger partial charge in [0.05, 0.1) is 27.9 Å². The second-order valence-corrected chi connectivity index (χ2v) is 9.00. The topological polar surface area (TPSA) is 108 Å². The molecule has 7 heteroatoms. The molecule has 6 aromatic rings. The number of nitriles is 1. The average molecular weight is 472 g/mol. The highest BCUT2D eigenvalue weighted by molar-refractivity contribution is 6.15. The van der Waals surface area contributed by atoms with Crippen molar-refractivity contribution in [1.82, 2.24) is 19.7 Å². The van der Waals surface area contributed by atoms with Gasteiger partial charge in [0, 0.05) is 40.7 Å². The van der Waals surface area contributed by atoms with E-state index < -0.39 is 5.97 Å². The second-order valence-electron chi connectivity index (χ2n) is 9.00. The van der Waals surface area contributed by atoms with Crippen molar-refractivity contribution < 1.29 is 9.90 Å². The van der Waals surface area contributed by atoms with Crippen LogP contribution in [0.1, 0.15) is 27.2 Å². The van der Waals surface area contributed by atoms with Gasteiger partial charge < -0.3 is 10.1 Å². The number of carboxylic acid groups (broad SMARTS) is 1. The summed E-state index contributed by atoms with van der Waals surface area (Å²) in [6.45, 7) is 3.91. The Hall–Kier alpha value is -4.96. The van der Waals surface area contributed by atoms with Crippen LogP contribution in [-0.2, 0) is 7.05 Å². The molecule has 0 unspecified atom stereocenters. The first-order chi connectivity index (χ1) is 17.4. The molecule has 0 aliphatic heterocycles. The lowest BCUT2D eigenvalue weighted by Crippen LogP contribution is -2.01. The maximum Gasteiger partial charge on any atom is 0.336 e. The van der Waals surface area contributed by atoms with Crippen molar-refractivity contribution in [2.45, 2.75) is 13.8 Å². The third-order valence-corrected chi connectivity index (χ3v) is 6.76. The van der Waals surface area contributed by atoms with E-state index in [0.29, 0.717) is 33.4 Å². The van der Waals surface area contributed by atoms with E-state index >= 15 is 0 Å². The van der Waals surface area contributed by atoms with E-state index in [1.807, 2.05) is 63.5 Å². The average Bonchev–Trinajstić information content (AvgIpc) is 3.41. The van der Waals surface area contributed by atoms with Gasteiger partial charge in [-0.3, -0.25) is 4.68 Å². The van der Waals surface area contributed by atoms with Gasteiger partial charge in [0.25, 0.3) is 0 Å². The SMILES string of the molecule is Cc1ccc2c(-c3nc4c(c(C)nn4C)c(-c4cccc5cccc(C(=O)O)c45)c3C#N)c[nH]c2c1. The van der Waals surface area contributed by atoms with Crippen molar-refractivity contribution in [1.29, 1.82) is 5.26 Å². The zero-order valence-electron chi connectivity index (χ0n) is 19.9. The highest BCUT2D eigenvalue weighted by Gasteiger charge is 2.25. The number of H-pyrrole nitrogens is 1. The van der Waals surface area contributed by atoms with E-state index in [2.05, 4.69) is 22.2 Å². The molecule has 2 N–H and O–H groups in total. The van der Waals surface area contributed by atoms with Crippen LogP contribution >= 0.6 is 0 Å². The number of hydrogen-bond donors (Lipinski definition) is 2. The molecule has 3 aromatic carbocycles. The predicted octanol–water partition coefficient (Wildman–Crippen LogP) is 6.12. The van der Waals surface area contributed by atoms with E-state index in [1.54, 1.807) is 16.8 Å². The summed E-state index contributed by atoms with van der Waals surface area (Å²) in [6.07, 6.45) is 1.87. The molecule has 0 amide bonds. The standard InChI is InChI=1S/C29H21N5O2/c1-15-10-11-18-22(14-31-23(18)12-15)27-21(13-30)26(24-16(2)33-34(3)28(24)32-27)19-8-4-6-17-7-5-9-20(25(17)19)29(35)36/h4-12,14,31H,1-3H3,(H,35,36). The maximum atomic E-state index is 12.2.